The molecule has 31 heavy (non-hydrogen) atoms. The zero-order chi connectivity index (χ0) is 21.8. The summed E-state index contributed by atoms with van der Waals surface area (Å²) in [4.78, 5) is 24.6. The summed E-state index contributed by atoms with van der Waals surface area (Å²) < 4.78 is 5.56. The van der Waals surface area contributed by atoms with Crippen LogP contribution in [0.3, 0.4) is 0 Å². The molecule has 3 heterocycles. The van der Waals surface area contributed by atoms with Crippen LogP contribution in [0.25, 0.3) is 0 Å². The standard InChI is InChI=1S/C24H40N4O2S/c1-4-27-11-8-20-16-21(28-12-14-30-15-13-28)7-9-24(20,17-27)23(29)25-10-5-6-22-26-18(2)19(3)31-22/h20-21H,4-17H2,1-3H3,(H,25,29)/t20-,21+,24-/m1/s1. The highest BCUT2D eigenvalue weighted by Gasteiger charge is 2.52. The first kappa shape index (κ1) is 23.1. The molecule has 4 rings (SSSR count). The normalized spacial score (nSPS) is 30.2. The lowest BCUT2D eigenvalue weighted by Gasteiger charge is -2.53. The second-order valence-corrected chi connectivity index (χ2v) is 11.0. The van der Waals surface area contributed by atoms with Gasteiger partial charge in [0, 0.05) is 43.5 Å². The van der Waals surface area contributed by atoms with Gasteiger partial charge in [0.15, 0.2) is 0 Å². The van der Waals surface area contributed by atoms with E-state index in [1.54, 1.807) is 11.3 Å². The molecule has 174 valence electrons. The van der Waals surface area contributed by atoms with Crippen molar-refractivity contribution in [2.24, 2.45) is 11.3 Å². The fourth-order valence-electron chi connectivity index (χ4n) is 5.90. The highest BCUT2D eigenvalue weighted by Crippen LogP contribution is 2.47. The smallest absolute Gasteiger partial charge is 0.227 e. The van der Waals surface area contributed by atoms with Crippen LogP contribution in [0.4, 0.5) is 0 Å². The van der Waals surface area contributed by atoms with Gasteiger partial charge in [-0.15, -0.1) is 11.3 Å². The Morgan fingerprint density at radius 2 is 2.06 bits per heavy atom. The zero-order valence-corrected chi connectivity index (χ0v) is 20.4. The van der Waals surface area contributed by atoms with Crippen LogP contribution in [0.15, 0.2) is 0 Å². The fourth-order valence-corrected chi connectivity index (χ4v) is 6.87. The van der Waals surface area contributed by atoms with E-state index in [-0.39, 0.29) is 5.41 Å². The number of hydrogen-bond donors (Lipinski definition) is 1. The van der Waals surface area contributed by atoms with Crippen LogP contribution in [-0.2, 0) is 16.0 Å². The summed E-state index contributed by atoms with van der Waals surface area (Å²) in [5, 5.41) is 4.55. The molecule has 1 aliphatic carbocycles. The maximum atomic E-state index is 13.6. The van der Waals surface area contributed by atoms with Crippen molar-refractivity contribution in [1.82, 2.24) is 20.1 Å². The maximum Gasteiger partial charge on any atom is 0.227 e. The van der Waals surface area contributed by atoms with Gasteiger partial charge in [-0.2, -0.15) is 0 Å². The van der Waals surface area contributed by atoms with E-state index in [4.69, 9.17) is 4.74 Å². The third-order valence-electron chi connectivity index (χ3n) is 7.95. The van der Waals surface area contributed by atoms with Crippen LogP contribution in [0, 0.1) is 25.2 Å². The first-order valence-electron chi connectivity index (χ1n) is 12.3. The Kier molecular flexibility index (Phi) is 7.68. The number of aryl methyl sites for hydroxylation is 3. The number of aromatic nitrogens is 1. The average Bonchev–Trinajstić information content (AvgIpc) is 3.13. The molecule has 7 heteroatoms. The van der Waals surface area contributed by atoms with Gasteiger partial charge < -0.3 is 15.0 Å². The van der Waals surface area contributed by atoms with Crippen molar-refractivity contribution >= 4 is 17.2 Å². The number of morpholine rings is 1. The topological polar surface area (TPSA) is 57.7 Å². The van der Waals surface area contributed by atoms with Gasteiger partial charge in [-0.1, -0.05) is 6.92 Å². The predicted octanol–water partition coefficient (Wildman–Crippen LogP) is 3.02. The molecule has 0 bridgehead atoms. The fraction of sp³-hybridized carbons (Fsp3) is 0.833. The van der Waals surface area contributed by atoms with Gasteiger partial charge in [0.25, 0.3) is 0 Å². The number of nitrogens with zero attached hydrogens (tertiary/aromatic N) is 3. The SMILES string of the molecule is CCN1CC[C@@H]2C[C@@H](N3CCOCC3)CC[C@@]2(C(=O)NCCCc2nc(C)c(C)s2)C1. The Balaban J connectivity index is 1.36. The summed E-state index contributed by atoms with van der Waals surface area (Å²) in [5.74, 6) is 0.809. The molecular weight excluding hydrogens is 408 g/mol. The number of hydrogen-bond acceptors (Lipinski definition) is 6. The monoisotopic (exact) mass is 448 g/mol. The molecule has 0 aromatic carbocycles. The van der Waals surface area contributed by atoms with Crippen molar-refractivity contribution in [2.45, 2.75) is 65.3 Å². The third-order valence-corrected chi connectivity index (χ3v) is 9.08. The Hall–Kier alpha value is -1.02. The van der Waals surface area contributed by atoms with Crippen molar-refractivity contribution in [3.63, 3.8) is 0 Å². The van der Waals surface area contributed by atoms with Crippen LogP contribution >= 0.6 is 11.3 Å². The minimum Gasteiger partial charge on any atom is -0.379 e. The number of ether oxygens (including phenoxy) is 1. The Morgan fingerprint density at radius 1 is 1.26 bits per heavy atom. The molecular formula is C24H40N4O2S. The number of piperidine rings is 1. The van der Waals surface area contributed by atoms with Gasteiger partial charge in [-0.25, -0.2) is 4.98 Å². The number of amides is 1. The quantitative estimate of drug-likeness (QED) is 0.650. The summed E-state index contributed by atoms with van der Waals surface area (Å²) >= 11 is 1.79. The van der Waals surface area contributed by atoms with E-state index in [1.807, 2.05) is 0 Å². The summed E-state index contributed by atoms with van der Waals surface area (Å²) in [6, 6.07) is 0.624. The Labute approximate surface area is 191 Å². The van der Waals surface area contributed by atoms with Crippen LogP contribution in [0.5, 0.6) is 0 Å². The van der Waals surface area contributed by atoms with Crippen molar-refractivity contribution in [1.29, 1.82) is 0 Å². The van der Waals surface area contributed by atoms with Crippen LogP contribution < -0.4 is 5.32 Å². The molecule has 0 spiro atoms. The van der Waals surface area contributed by atoms with Crippen LogP contribution in [-0.4, -0.2) is 79.2 Å². The number of thiazole rings is 1. The van der Waals surface area contributed by atoms with Gasteiger partial charge in [0.1, 0.15) is 0 Å². The molecule has 3 atom stereocenters. The van der Waals surface area contributed by atoms with E-state index >= 15 is 0 Å². The molecule has 0 unspecified atom stereocenters. The van der Waals surface area contributed by atoms with Crippen molar-refractivity contribution in [3.8, 4) is 0 Å². The molecule has 1 aromatic rings. The molecule has 1 aromatic heterocycles. The lowest BCUT2D eigenvalue weighted by atomic mass is 9.61. The van der Waals surface area contributed by atoms with Gasteiger partial charge in [-0.05, 0) is 65.0 Å². The minimum atomic E-state index is -0.203. The summed E-state index contributed by atoms with van der Waals surface area (Å²) in [5.41, 5.74) is 0.940. The third kappa shape index (κ3) is 5.15. The second-order valence-electron chi connectivity index (χ2n) is 9.70. The molecule has 2 saturated heterocycles. The number of likely N-dealkylation sites (tertiary alicyclic amines) is 1. The van der Waals surface area contributed by atoms with Crippen molar-refractivity contribution in [3.05, 3.63) is 15.6 Å². The van der Waals surface area contributed by atoms with E-state index in [9.17, 15) is 4.79 Å². The number of carbonyl (C=O) groups is 1. The maximum absolute atomic E-state index is 13.6. The molecule has 0 radical (unpaired) electrons. The van der Waals surface area contributed by atoms with E-state index in [1.165, 1.54) is 16.3 Å². The second kappa shape index (κ2) is 10.3. The van der Waals surface area contributed by atoms with Gasteiger partial charge in [0.05, 0.1) is 29.3 Å². The minimum absolute atomic E-state index is 0.203. The van der Waals surface area contributed by atoms with Crippen molar-refractivity contribution in [2.75, 3.05) is 52.5 Å². The van der Waals surface area contributed by atoms with Gasteiger partial charge in [-0.3, -0.25) is 9.69 Å². The van der Waals surface area contributed by atoms with E-state index in [0.717, 1.165) is 90.3 Å². The lowest BCUT2D eigenvalue weighted by molar-refractivity contribution is -0.144. The summed E-state index contributed by atoms with van der Waals surface area (Å²) in [7, 11) is 0. The van der Waals surface area contributed by atoms with Crippen LogP contribution in [0.2, 0.25) is 0 Å². The molecule has 1 N–H and O–H groups in total. The van der Waals surface area contributed by atoms with E-state index in [2.05, 4.69) is 40.9 Å². The molecule has 1 amide bonds. The first-order chi connectivity index (χ1) is 15.0. The number of carbonyl (C=O) groups excluding carboxylic acids is 1. The van der Waals surface area contributed by atoms with Crippen molar-refractivity contribution < 1.29 is 9.53 Å². The van der Waals surface area contributed by atoms with Gasteiger partial charge >= 0.3 is 0 Å². The highest BCUT2D eigenvalue weighted by atomic mass is 32.1. The molecule has 3 aliphatic rings. The summed E-state index contributed by atoms with van der Waals surface area (Å²) in [6.45, 7) is 14.1. The Morgan fingerprint density at radius 3 is 2.77 bits per heavy atom. The molecule has 2 aliphatic heterocycles. The lowest BCUT2D eigenvalue weighted by Crippen LogP contribution is -2.60. The predicted molar refractivity (Wildman–Crippen MR) is 126 cm³/mol. The van der Waals surface area contributed by atoms with E-state index in [0.29, 0.717) is 17.9 Å². The zero-order valence-electron chi connectivity index (χ0n) is 19.6. The number of fused-ring (bicyclic) bond motifs is 1. The highest BCUT2D eigenvalue weighted by molar-refractivity contribution is 7.11. The molecule has 6 nitrogen and oxygen atoms in total. The first-order valence-corrected chi connectivity index (χ1v) is 13.1. The number of nitrogens with one attached hydrogen (secondary N) is 1. The molecule has 1 saturated carbocycles. The van der Waals surface area contributed by atoms with E-state index < -0.39 is 0 Å². The summed E-state index contributed by atoms with van der Waals surface area (Å²) in [6.07, 6.45) is 6.40. The van der Waals surface area contributed by atoms with Crippen LogP contribution in [0.1, 0.15) is 54.6 Å². The average molecular weight is 449 g/mol. The largest absolute Gasteiger partial charge is 0.379 e. The molecule has 3 fully saturated rings. The number of rotatable bonds is 7. The Bertz CT molecular complexity index is 728. The van der Waals surface area contributed by atoms with Gasteiger partial charge in [0.2, 0.25) is 5.91 Å².